The van der Waals surface area contributed by atoms with Gasteiger partial charge in [-0.15, -0.1) is 10.2 Å². The molecule has 0 radical (unpaired) electrons. The molecule has 5 nitrogen and oxygen atoms in total. The van der Waals surface area contributed by atoms with E-state index in [9.17, 15) is 22.0 Å². The Hall–Kier alpha value is -2.75. The van der Waals surface area contributed by atoms with E-state index in [1.807, 2.05) is 9.80 Å². The fraction of sp³-hybridized carbons (Fsp3) is 0.478. The van der Waals surface area contributed by atoms with Crippen molar-refractivity contribution in [1.82, 2.24) is 19.5 Å². The first-order valence-corrected chi connectivity index (χ1v) is 11.2. The van der Waals surface area contributed by atoms with Gasteiger partial charge in [-0.3, -0.25) is 9.30 Å². The molecule has 3 aliphatic rings. The van der Waals surface area contributed by atoms with Crippen molar-refractivity contribution >= 4 is 11.3 Å². The first-order valence-electron chi connectivity index (χ1n) is 11.2. The van der Waals surface area contributed by atoms with E-state index in [0.29, 0.717) is 36.9 Å². The third-order valence-electron chi connectivity index (χ3n) is 7.00. The monoisotopic (exact) mass is 463 g/mol. The van der Waals surface area contributed by atoms with Gasteiger partial charge < -0.3 is 4.90 Å². The van der Waals surface area contributed by atoms with Gasteiger partial charge in [0, 0.05) is 50.4 Å². The lowest BCUT2D eigenvalue weighted by atomic mass is 10.1. The number of anilines is 1. The van der Waals surface area contributed by atoms with E-state index in [1.165, 1.54) is 22.6 Å². The van der Waals surface area contributed by atoms with Crippen LogP contribution in [0, 0.1) is 17.6 Å². The Labute approximate surface area is 186 Å². The molecule has 1 aliphatic heterocycles. The first kappa shape index (κ1) is 20.8. The van der Waals surface area contributed by atoms with E-state index in [-0.39, 0.29) is 29.8 Å². The van der Waals surface area contributed by atoms with E-state index in [0.717, 1.165) is 25.3 Å². The second-order valence-corrected chi connectivity index (χ2v) is 9.30. The molecule has 2 aromatic heterocycles. The Morgan fingerprint density at radius 1 is 1.00 bits per heavy atom. The van der Waals surface area contributed by atoms with Crippen LogP contribution in [-0.2, 0) is 19.1 Å². The van der Waals surface area contributed by atoms with Gasteiger partial charge in [-0.2, -0.15) is 13.2 Å². The SMILES string of the molecule is Fc1ccc(N2CCN(Cc3ccn4c(CC5CC5)nnc4c3C(F)(F)F)[C@@H]3CC32)c(F)c1. The molecule has 1 saturated heterocycles. The predicted molar refractivity (Wildman–Crippen MR) is 111 cm³/mol. The van der Waals surface area contributed by atoms with Crippen molar-refractivity contribution in [1.29, 1.82) is 0 Å². The summed E-state index contributed by atoms with van der Waals surface area (Å²) < 4.78 is 71.3. The van der Waals surface area contributed by atoms with Crippen LogP contribution in [0.3, 0.4) is 0 Å². The van der Waals surface area contributed by atoms with Crippen LogP contribution >= 0.6 is 0 Å². The van der Waals surface area contributed by atoms with Crippen LogP contribution < -0.4 is 4.90 Å². The Bertz CT molecular complexity index is 1220. The predicted octanol–water partition coefficient (Wildman–Crippen LogP) is 4.44. The van der Waals surface area contributed by atoms with Gasteiger partial charge in [0.1, 0.15) is 23.0 Å². The number of pyridine rings is 1. The summed E-state index contributed by atoms with van der Waals surface area (Å²) in [6.45, 7) is 1.08. The molecule has 1 unspecified atom stereocenters. The normalized spacial score (nSPS) is 23.2. The molecule has 33 heavy (non-hydrogen) atoms. The highest BCUT2D eigenvalue weighted by atomic mass is 19.4. The van der Waals surface area contributed by atoms with E-state index < -0.39 is 23.4 Å². The summed E-state index contributed by atoms with van der Waals surface area (Å²) in [6.07, 6.45) is 0.626. The van der Waals surface area contributed by atoms with Crippen LogP contribution in [-0.4, -0.2) is 44.7 Å². The van der Waals surface area contributed by atoms with Gasteiger partial charge in [-0.25, -0.2) is 8.78 Å². The number of rotatable bonds is 5. The van der Waals surface area contributed by atoms with E-state index in [4.69, 9.17) is 0 Å². The largest absolute Gasteiger partial charge is 0.420 e. The average molecular weight is 463 g/mol. The molecule has 174 valence electrons. The summed E-state index contributed by atoms with van der Waals surface area (Å²) in [6, 6.07) is 5.08. The number of hydrogen-bond acceptors (Lipinski definition) is 4. The zero-order valence-electron chi connectivity index (χ0n) is 17.7. The maximum absolute atomic E-state index is 14.3. The molecule has 6 rings (SSSR count). The number of hydrogen-bond donors (Lipinski definition) is 0. The van der Waals surface area contributed by atoms with Gasteiger partial charge in [-0.05, 0) is 48.9 Å². The van der Waals surface area contributed by atoms with Gasteiger partial charge in [-0.1, -0.05) is 0 Å². The van der Waals surface area contributed by atoms with Gasteiger partial charge in [0.2, 0.25) is 0 Å². The van der Waals surface area contributed by atoms with E-state index in [1.54, 1.807) is 6.20 Å². The standard InChI is InChI=1S/C23H22F5N5/c24-15-3-4-17(16(25)10-15)32-8-7-31(18-11-19(18)32)12-14-5-6-33-20(9-13-1-2-13)29-30-22(33)21(14)23(26,27)28/h3-6,10,13,18-19H,1-2,7-9,11-12H2/t18-,19?/m1/s1. The van der Waals surface area contributed by atoms with E-state index in [2.05, 4.69) is 10.2 Å². The van der Waals surface area contributed by atoms with Crippen molar-refractivity contribution in [3.05, 3.63) is 59.0 Å². The fourth-order valence-electron chi connectivity index (χ4n) is 5.09. The summed E-state index contributed by atoms with van der Waals surface area (Å²) in [5, 5.41) is 7.96. The number of halogens is 5. The third-order valence-corrected chi connectivity index (χ3v) is 7.00. The van der Waals surface area contributed by atoms with Crippen LogP contribution in [0.25, 0.3) is 5.65 Å². The first-order chi connectivity index (χ1) is 15.8. The Kier molecular flexibility index (Phi) is 4.66. The summed E-state index contributed by atoms with van der Waals surface area (Å²) in [7, 11) is 0. The molecule has 0 amide bonds. The van der Waals surface area contributed by atoms with Crippen LogP contribution in [0.4, 0.5) is 27.6 Å². The number of aromatic nitrogens is 3. The Morgan fingerprint density at radius 2 is 1.82 bits per heavy atom. The molecule has 3 heterocycles. The zero-order valence-corrected chi connectivity index (χ0v) is 17.7. The Morgan fingerprint density at radius 3 is 2.55 bits per heavy atom. The summed E-state index contributed by atoms with van der Waals surface area (Å²) in [5.41, 5.74) is -0.362. The van der Waals surface area contributed by atoms with Crippen LogP contribution in [0.1, 0.15) is 36.2 Å². The molecule has 2 atom stereocenters. The summed E-state index contributed by atoms with van der Waals surface area (Å²) in [4.78, 5) is 3.91. The van der Waals surface area contributed by atoms with Crippen molar-refractivity contribution < 1.29 is 22.0 Å². The van der Waals surface area contributed by atoms with Crippen LogP contribution in [0.2, 0.25) is 0 Å². The highest BCUT2D eigenvalue weighted by Crippen LogP contribution is 2.42. The summed E-state index contributed by atoms with van der Waals surface area (Å²) in [5.74, 6) is -0.194. The lowest BCUT2D eigenvalue weighted by Crippen LogP contribution is -2.46. The van der Waals surface area contributed by atoms with Crippen molar-refractivity contribution in [2.45, 2.75) is 50.5 Å². The van der Waals surface area contributed by atoms with Crippen molar-refractivity contribution in [3.63, 3.8) is 0 Å². The smallest absolute Gasteiger partial charge is 0.363 e. The van der Waals surface area contributed by atoms with Crippen molar-refractivity contribution in [2.24, 2.45) is 5.92 Å². The lowest BCUT2D eigenvalue weighted by molar-refractivity contribution is -0.137. The maximum atomic E-state index is 14.3. The minimum atomic E-state index is -4.55. The average Bonchev–Trinajstić information content (AvgIpc) is 3.66. The minimum absolute atomic E-state index is 0.00927. The molecule has 0 bridgehead atoms. The Balaban J connectivity index is 1.26. The molecule has 3 fully saturated rings. The second kappa shape index (κ2) is 7.38. The lowest BCUT2D eigenvalue weighted by Gasteiger charge is -2.36. The second-order valence-electron chi connectivity index (χ2n) is 9.30. The van der Waals surface area contributed by atoms with Gasteiger partial charge >= 0.3 is 6.18 Å². The molecular formula is C23H22F5N5. The molecular weight excluding hydrogens is 441 g/mol. The number of piperazine rings is 1. The molecule has 1 aromatic carbocycles. The molecule has 10 heteroatoms. The topological polar surface area (TPSA) is 36.7 Å². The van der Waals surface area contributed by atoms with Crippen LogP contribution in [0.5, 0.6) is 0 Å². The molecule has 2 aliphatic carbocycles. The molecule has 0 spiro atoms. The molecule has 3 aromatic rings. The van der Waals surface area contributed by atoms with Gasteiger partial charge in [0.15, 0.2) is 5.65 Å². The number of fused-ring (bicyclic) bond motifs is 2. The quantitative estimate of drug-likeness (QED) is 0.525. The van der Waals surface area contributed by atoms with Crippen molar-refractivity contribution in [3.8, 4) is 0 Å². The van der Waals surface area contributed by atoms with E-state index >= 15 is 0 Å². The highest BCUT2D eigenvalue weighted by Gasteiger charge is 2.50. The van der Waals surface area contributed by atoms with Gasteiger partial charge in [0.05, 0.1) is 5.69 Å². The fourth-order valence-corrected chi connectivity index (χ4v) is 5.09. The maximum Gasteiger partial charge on any atom is 0.420 e. The van der Waals surface area contributed by atoms with Gasteiger partial charge in [0.25, 0.3) is 0 Å². The van der Waals surface area contributed by atoms with Crippen LogP contribution in [0.15, 0.2) is 30.5 Å². The number of benzene rings is 1. The summed E-state index contributed by atoms with van der Waals surface area (Å²) >= 11 is 0. The minimum Gasteiger partial charge on any atom is -0.363 e. The highest BCUT2D eigenvalue weighted by molar-refractivity contribution is 5.54. The molecule has 2 saturated carbocycles. The number of nitrogens with zero attached hydrogens (tertiary/aromatic N) is 5. The third kappa shape index (κ3) is 3.74. The van der Waals surface area contributed by atoms with Crippen molar-refractivity contribution in [2.75, 3.05) is 18.0 Å². The zero-order chi connectivity index (χ0) is 22.9. The molecule has 0 N–H and O–H groups in total. The number of alkyl halides is 3.